The van der Waals surface area contributed by atoms with Crippen molar-refractivity contribution in [1.82, 2.24) is 5.32 Å². The monoisotopic (exact) mass is 283 g/mol. The molecule has 0 aliphatic heterocycles. The van der Waals surface area contributed by atoms with Gasteiger partial charge in [-0.25, -0.2) is 14.0 Å². The Bertz CT molecular complexity index is 548. The van der Waals surface area contributed by atoms with Gasteiger partial charge in [0.15, 0.2) is 0 Å². The van der Waals surface area contributed by atoms with Crippen LogP contribution in [0.3, 0.4) is 0 Å². The van der Waals surface area contributed by atoms with Gasteiger partial charge >= 0.3 is 12.0 Å². The summed E-state index contributed by atoms with van der Waals surface area (Å²) in [5.41, 5.74) is 5.68. The van der Waals surface area contributed by atoms with Gasteiger partial charge in [-0.05, 0) is 30.7 Å². The number of aryl methyl sites for hydroxylation is 1. The van der Waals surface area contributed by atoms with Gasteiger partial charge in [-0.2, -0.15) is 0 Å². The van der Waals surface area contributed by atoms with Crippen LogP contribution in [0.15, 0.2) is 18.2 Å². The first-order chi connectivity index (χ1) is 9.29. The quantitative estimate of drug-likeness (QED) is 0.631. The molecule has 0 saturated carbocycles. The average Bonchev–Trinajstić information content (AvgIpc) is 2.31. The van der Waals surface area contributed by atoms with Gasteiger partial charge in [0, 0.05) is 5.69 Å². The number of primary amides is 1. The van der Waals surface area contributed by atoms with Crippen molar-refractivity contribution < 1.29 is 23.9 Å². The fourth-order valence-corrected chi connectivity index (χ4v) is 1.49. The molecule has 0 bridgehead atoms. The van der Waals surface area contributed by atoms with Crippen LogP contribution in [-0.2, 0) is 9.59 Å². The molecule has 1 atom stereocenters. The average molecular weight is 283 g/mol. The van der Waals surface area contributed by atoms with Gasteiger partial charge in [0.2, 0.25) is 5.91 Å². The number of nitrogens with two attached hydrogens (primary N) is 1. The number of nitrogens with one attached hydrogen (secondary N) is 2. The van der Waals surface area contributed by atoms with Gasteiger partial charge < -0.3 is 21.5 Å². The molecule has 0 fully saturated rings. The van der Waals surface area contributed by atoms with Crippen molar-refractivity contribution in [3.8, 4) is 0 Å². The van der Waals surface area contributed by atoms with Crippen LogP contribution in [0.4, 0.5) is 14.9 Å². The molecule has 0 heterocycles. The zero-order chi connectivity index (χ0) is 15.3. The highest BCUT2D eigenvalue weighted by Crippen LogP contribution is 2.15. The lowest BCUT2D eigenvalue weighted by atomic mass is 10.2. The molecular weight excluding hydrogens is 269 g/mol. The molecule has 5 N–H and O–H groups in total. The molecule has 3 amide bonds. The number of anilines is 1. The standard InChI is InChI=1S/C12H14FN3O4/c1-6-4-7(13)2-3-8(6)15-12(20)16-9(11(18)19)5-10(14)17/h2-4,9H,5H2,1H3,(H2,14,17)(H,18,19)(H2,15,16,20). The number of carboxylic acid groups (broad SMARTS) is 1. The Labute approximate surface area is 114 Å². The van der Waals surface area contributed by atoms with E-state index in [-0.39, 0.29) is 0 Å². The molecule has 0 aliphatic carbocycles. The highest BCUT2D eigenvalue weighted by molar-refractivity contribution is 5.94. The number of amides is 3. The Kier molecular flexibility index (Phi) is 5.01. The zero-order valence-corrected chi connectivity index (χ0v) is 10.6. The maximum Gasteiger partial charge on any atom is 0.326 e. The van der Waals surface area contributed by atoms with E-state index in [1.807, 2.05) is 0 Å². The van der Waals surface area contributed by atoms with Gasteiger partial charge in [-0.15, -0.1) is 0 Å². The van der Waals surface area contributed by atoms with Crippen molar-refractivity contribution in [3.63, 3.8) is 0 Å². The summed E-state index contributed by atoms with van der Waals surface area (Å²) in [7, 11) is 0. The van der Waals surface area contributed by atoms with Gasteiger partial charge in [-0.1, -0.05) is 0 Å². The lowest BCUT2D eigenvalue weighted by molar-refractivity contribution is -0.140. The van der Waals surface area contributed by atoms with E-state index in [9.17, 15) is 18.8 Å². The number of carboxylic acids is 1. The molecule has 0 saturated heterocycles. The molecule has 0 aliphatic rings. The number of hydrogen-bond acceptors (Lipinski definition) is 3. The third kappa shape index (κ3) is 4.56. The number of rotatable bonds is 5. The SMILES string of the molecule is Cc1cc(F)ccc1NC(=O)NC(CC(N)=O)C(=O)O. The van der Waals surface area contributed by atoms with Crippen molar-refractivity contribution in [2.75, 3.05) is 5.32 Å². The molecule has 1 aromatic carbocycles. The topological polar surface area (TPSA) is 122 Å². The number of halogens is 1. The summed E-state index contributed by atoms with van der Waals surface area (Å²) in [5, 5.41) is 13.3. The zero-order valence-electron chi connectivity index (χ0n) is 10.6. The third-order valence-electron chi connectivity index (χ3n) is 2.45. The maximum atomic E-state index is 12.9. The number of benzene rings is 1. The second-order valence-electron chi connectivity index (χ2n) is 4.12. The van der Waals surface area contributed by atoms with E-state index in [4.69, 9.17) is 10.8 Å². The molecule has 1 aromatic rings. The fourth-order valence-electron chi connectivity index (χ4n) is 1.49. The summed E-state index contributed by atoms with van der Waals surface area (Å²) in [6.07, 6.45) is -0.523. The lowest BCUT2D eigenvalue weighted by Crippen LogP contribution is -2.45. The molecule has 8 heteroatoms. The molecule has 0 aromatic heterocycles. The number of urea groups is 1. The van der Waals surface area contributed by atoms with Gasteiger partial charge in [0.25, 0.3) is 0 Å². The second kappa shape index (κ2) is 6.50. The second-order valence-corrected chi connectivity index (χ2v) is 4.12. The number of carbonyl (C=O) groups excluding carboxylic acids is 2. The smallest absolute Gasteiger partial charge is 0.326 e. The van der Waals surface area contributed by atoms with Crippen molar-refractivity contribution in [2.24, 2.45) is 5.73 Å². The molecule has 0 radical (unpaired) electrons. The summed E-state index contributed by atoms with van der Waals surface area (Å²) in [4.78, 5) is 33.1. The van der Waals surface area contributed by atoms with E-state index >= 15 is 0 Å². The van der Waals surface area contributed by atoms with E-state index < -0.39 is 36.2 Å². The van der Waals surface area contributed by atoms with E-state index in [0.29, 0.717) is 11.3 Å². The van der Waals surface area contributed by atoms with Gasteiger partial charge in [0.05, 0.1) is 6.42 Å². The molecular formula is C12H14FN3O4. The highest BCUT2D eigenvalue weighted by Gasteiger charge is 2.22. The summed E-state index contributed by atoms with van der Waals surface area (Å²) < 4.78 is 12.9. The van der Waals surface area contributed by atoms with Crippen LogP contribution in [0.1, 0.15) is 12.0 Å². The van der Waals surface area contributed by atoms with E-state index in [0.717, 1.165) is 6.07 Å². The highest BCUT2D eigenvalue weighted by atomic mass is 19.1. The van der Waals surface area contributed by atoms with Gasteiger partial charge in [0.1, 0.15) is 11.9 Å². The third-order valence-corrected chi connectivity index (χ3v) is 2.45. The van der Waals surface area contributed by atoms with Crippen LogP contribution in [0.25, 0.3) is 0 Å². The minimum Gasteiger partial charge on any atom is -0.480 e. The van der Waals surface area contributed by atoms with Crippen molar-refractivity contribution in [2.45, 2.75) is 19.4 Å². The molecule has 20 heavy (non-hydrogen) atoms. The maximum absolute atomic E-state index is 12.9. The number of hydrogen-bond donors (Lipinski definition) is 4. The van der Waals surface area contributed by atoms with Crippen LogP contribution < -0.4 is 16.4 Å². The normalized spacial score (nSPS) is 11.5. The summed E-state index contributed by atoms with van der Waals surface area (Å²) in [5.74, 6) is -2.68. The predicted molar refractivity (Wildman–Crippen MR) is 68.5 cm³/mol. The van der Waals surface area contributed by atoms with Crippen molar-refractivity contribution in [1.29, 1.82) is 0 Å². The molecule has 108 valence electrons. The largest absolute Gasteiger partial charge is 0.480 e. The molecule has 1 unspecified atom stereocenters. The van der Waals surface area contributed by atoms with Gasteiger partial charge in [-0.3, -0.25) is 4.79 Å². The Hall–Kier alpha value is -2.64. The van der Waals surface area contributed by atoms with Crippen molar-refractivity contribution in [3.05, 3.63) is 29.6 Å². The molecule has 7 nitrogen and oxygen atoms in total. The minimum atomic E-state index is -1.42. The van der Waals surface area contributed by atoms with Crippen LogP contribution in [0, 0.1) is 12.7 Å². The molecule has 1 rings (SSSR count). The van der Waals surface area contributed by atoms with Crippen LogP contribution in [0.5, 0.6) is 0 Å². The summed E-state index contributed by atoms with van der Waals surface area (Å²) in [6.45, 7) is 1.58. The van der Waals surface area contributed by atoms with Crippen LogP contribution in [0.2, 0.25) is 0 Å². The van der Waals surface area contributed by atoms with E-state index in [1.165, 1.54) is 12.1 Å². The van der Waals surface area contributed by atoms with Crippen LogP contribution >= 0.6 is 0 Å². The number of carbonyl (C=O) groups is 3. The minimum absolute atomic E-state index is 0.326. The summed E-state index contributed by atoms with van der Waals surface area (Å²) >= 11 is 0. The lowest BCUT2D eigenvalue weighted by Gasteiger charge is -2.14. The predicted octanol–water partition coefficient (Wildman–Crippen LogP) is 0.584. The first-order valence-corrected chi connectivity index (χ1v) is 5.64. The van der Waals surface area contributed by atoms with E-state index in [1.54, 1.807) is 6.92 Å². The van der Waals surface area contributed by atoms with E-state index in [2.05, 4.69) is 10.6 Å². The fraction of sp³-hybridized carbons (Fsp3) is 0.250. The Morgan fingerprint density at radius 2 is 2.05 bits per heavy atom. The number of aliphatic carboxylic acids is 1. The first kappa shape index (κ1) is 15.4. The summed E-state index contributed by atoms with van der Waals surface area (Å²) in [6, 6.07) is 1.46. The Morgan fingerprint density at radius 3 is 2.55 bits per heavy atom. The van der Waals surface area contributed by atoms with Crippen molar-refractivity contribution >= 4 is 23.6 Å². The Balaban J connectivity index is 2.70. The molecule has 0 spiro atoms. The Morgan fingerprint density at radius 1 is 1.40 bits per heavy atom. The van der Waals surface area contributed by atoms with Crippen LogP contribution in [-0.4, -0.2) is 29.1 Å². The first-order valence-electron chi connectivity index (χ1n) is 5.64.